The molecular formula is C84H67N4P4+. The molecule has 92 heavy (non-hydrogen) atoms. The number of nitrogens with one attached hydrogen (secondary N) is 1. The lowest BCUT2D eigenvalue weighted by Crippen LogP contribution is -2.36. The van der Waals surface area contributed by atoms with Crippen molar-refractivity contribution in [2.24, 2.45) is 14.2 Å². The Bertz CT molecular complexity index is 4360. The van der Waals surface area contributed by atoms with E-state index in [0.29, 0.717) is 0 Å². The minimum absolute atomic E-state index is 0.815. The van der Waals surface area contributed by atoms with Crippen LogP contribution in [0.4, 0.5) is 22.7 Å². The molecule has 0 aliphatic heterocycles. The van der Waals surface area contributed by atoms with Gasteiger partial charge in [-0.05, 0) is 83.9 Å². The molecule has 14 aromatic rings. The van der Waals surface area contributed by atoms with Gasteiger partial charge >= 0.3 is 0 Å². The second-order valence-electron chi connectivity index (χ2n) is 22.5. The van der Waals surface area contributed by atoms with Crippen LogP contribution < -0.4 is 68.7 Å². The Hall–Kier alpha value is -10.0. The number of rotatable bonds is 18. The fourth-order valence-corrected chi connectivity index (χ4v) is 26.9. The van der Waals surface area contributed by atoms with Crippen molar-refractivity contribution in [3.63, 3.8) is 0 Å². The highest BCUT2D eigenvalue weighted by atomic mass is 31.2. The Morgan fingerprint density at radius 1 is 0.196 bits per heavy atom. The normalized spacial score (nSPS) is 11.7. The van der Waals surface area contributed by atoms with E-state index in [9.17, 15) is 0 Å². The molecular weight excluding hydrogens is 1190 g/mol. The summed E-state index contributed by atoms with van der Waals surface area (Å²) in [6.07, 6.45) is 0. The highest BCUT2D eigenvalue weighted by Gasteiger charge is 2.46. The van der Waals surface area contributed by atoms with Gasteiger partial charge in [0.2, 0.25) is 0 Å². The van der Waals surface area contributed by atoms with E-state index in [2.05, 4.69) is 405 Å². The van der Waals surface area contributed by atoms with Gasteiger partial charge in [0.05, 0.1) is 43.9 Å². The summed E-state index contributed by atoms with van der Waals surface area (Å²) in [5.74, 6) is 0. The summed E-state index contributed by atoms with van der Waals surface area (Å²) >= 11 is 0. The quantitative estimate of drug-likeness (QED) is 0.0855. The first-order valence-corrected chi connectivity index (χ1v) is 38.1. The summed E-state index contributed by atoms with van der Waals surface area (Å²) < 4.78 is 19.0. The minimum Gasteiger partial charge on any atom is -0.254 e. The van der Waals surface area contributed by atoms with Crippen LogP contribution in [0.5, 0.6) is 0 Å². The topological polar surface area (TPSA) is 49.1 Å². The van der Waals surface area contributed by atoms with Gasteiger partial charge in [0.25, 0.3) is 0 Å². The van der Waals surface area contributed by atoms with Crippen molar-refractivity contribution in [3.8, 4) is 11.1 Å². The lowest BCUT2D eigenvalue weighted by Gasteiger charge is -2.29. The van der Waals surface area contributed by atoms with Crippen LogP contribution in [0.15, 0.2) is 415 Å². The summed E-state index contributed by atoms with van der Waals surface area (Å²) in [7, 11) is -11.2. The van der Waals surface area contributed by atoms with Crippen molar-refractivity contribution in [1.82, 2.24) is 0 Å². The summed E-state index contributed by atoms with van der Waals surface area (Å²) in [5.41, 5.74) is 5.31. The Labute approximate surface area is 542 Å². The molecule has 4 nitrogen and oxygen atoms in total. The van der Waals surface area contributed by atoms with E-state index in [1.807, 2.05) is 0 Å². The number of benzene rings is 14. The van der Waals surface area contributed by atoms with E-state index in [-0.39, 0.29) is 0 Å². The van der Waals surface area contributed by atoms with Crippen LogP contribution in [-0.2, 0) is 0 Å². The van der Waals surface area contributed by atoms with Crippen molar-refractivity contribution >= 4 is 115 Å². The average molecular weight is 1260 g/mol. The first-order chi connectivity index (χ1) is 45.5. The van der Waals surface area contributed by atoms with E-state index in [1.54, 1.807) is 0 Å². The average Bonchev–Trinajstić information content (AvgIpc) is 0.826. The Kier molecular flexibility index (Phi) is 17.6. The van der Waals surface area contributed by atoms with Crippen LogP contribution in [0, 0.1) is 0 Å². The van der Waals surface area contributed by atoms with Crippen LogP contribution in [-0.4, -0.2) is 0 Å². The molecule has 0 atom stereocenters. The van der Waals surface area contributed by atoms with Gasteiger partial charge in [0.15, 0.2) is 7.41 Å². The van der Waals surface area contributed by atoms with Crippen molar-refractivity contribution in [2.45, 2.75) is 0 Å². The highest BCUT2D eigenvalue weighted by molar-refractivity contribution is 7.96. The number of hydrogen-bond acceptors (Lipinski definition) is 4. The molecule has 1 N–H and O–H groups in total. The molecule has 0 unspecified atom stereocenters. The van der Waals surface area contributed by atoms with Crippen LogP contribution >= 0.6 is 28.6 Å². The molecule has 0 heterocycles. The molecule has 0 bridgehead atoms. The van der Waals surface area contributed by atoms with Gasteiger partial charge in [-0.2, -0.15) is 0 Å². The molecule has 0 amide bonds. The molecule has 0 radical (unpaired) electrons. The lowest BCUT2D eigenvalue weighted by molar-refractivity contribution is 1.48. The third-order valence-corrected chi connectivity index (χ3v) is 31.7. The molecule has 442 valence electrons. The third kappa shape index (κ3) is 11.8. The van der Waals surface area contributed by atoms with E-state index < -0.39 is 28.6 Å². The van der Waals surface area contributed by atoms with Crippen LogP contribution in [0.2, 0.25) is 0 Å². The largest absolute Gasteiger partial charge is 0.254 e. The third-order valence-electron chi connectivity index (χ3n) is 16.8. The van der Waals surface area contributed by atoms with E-state index in [4.69, 9.17) is 14.2 Å². The first-order valence-electron chi connectivity index (χ1n) is 31.1. The molecule has 0 aromatic heterocycles. The Morgan fingerprint density at radius 3 is 0.598 bits per heavy atom. The molecule has 0 aliphatic rings. The predicted molar refractivity (Wildman–Crippen MR) is 402 cm³/mol. The van der Waals surface area contributed by atoms with E-state index in [1.165, 1.54) is 15.9 Å². The van der Waals surface area contributed by atoms with Gasteiger partial charge < -0.3 is 0 Å². The zero-order valence-corrected chi connectivity index (χ0v) is 54.3. The minimum atomic E-state index is -2.84. The standard InChI is InChI=1S/C84H67N4P4/c1-13-37-73(38-14-1)89(74-39-15-2-16-40-74,75-41-17-3-18-42-75)85-69-61-67(62-70(65-69)86-90(76-43-19-4-20-44-76,77-45-21-5-22-46-77)78-47-23-6-24-48-78)68-63-71(87-91(79-49-25-7-26-50-79,80-51-27-8-28-52-80)81-53-29-9-30-54-81)66-72(64-68)88-92(82-55-31-10-32-56-82,83-57-33-11-34-58-83)84-59-35-12-36-60-84/h1-66,85H/q+1. The first kappa shape index (κ1) is 59.6. The summed E-state index contributed by atoms with van der Waals surface area (Å²) in [6, 6.07) is 145. The molecule has 8 heteroatoms. The SMILES string of the molecule is c1ccc(P(=Nc2cc(N=P(c3ccccc3)(c3ccccc3)c3ccccc3)cc(-c3cc(N=P(c4ccccc4)(c4ccccc4)c4ccccc4)cc(N[P+](c4ccccc4)(c4ccccc4)c4ccccc4)c3)c2)(c2ccccc2)c2ccccc2)cc1. The fraction of sp³-hybridized carbons (Fsp3) is 0. The van der Waals surface area contributed by atoms with E-state index in [0.717, 1.165) is 81.6 Å². The lowest BCUT2D eigenvalue weighted by atomic mass is 10.0. The monoisotopic (exact) mass is 1260 g/mol. The molecule has 14 aromatic carbocycles. The van der Waals surface area contributed by atoms with E-state index >= 15 is 0 Å². The maximum atomic E-state index is 6.35. The Balaban J connectivity index is 1.15. The molecule has 0 saturated heterocycles. The number of hydrogen-bond donors (Lipinski definition) is 1. The fourth-order valence-electron chi connectivity index (χ4n) is 12.7. The second kappa shape index (κ2) is 27.2. The molecule has 0 saturated carbocycles. The van der Waals surface area contributed by atoms with Crippen molar-refractivity contribution in [1.29, 1.82) is 0 Å². The van der Waals surface area contributed by atoms with Gasteiger partial charge in [-0.15, -0.1) is 0 Å². The predicted octanol–water partition coefficient (Wildman–Crippen LogP) is 18.1. The summed E-state index contributed by atoms with van der Waals surface area (Å²) in [5, 5.41) is 18.5. The van der Waals surface area contributed by atoms with Crippen LogP contribution in [0.3, 0.4) is 0 Å². The smallest absolute Gasteiger partial charge is 0.199 e. The zero-order chi connectivity index (χ0) is 61.9. The summed E-state index contributed by atoms with van der Waals surface area (Å²) in [6.45, 7) is 0. The van der Waals surface area contributed by atoms with Crippen molar-refractivity contribution in [2.75, 3.05) is 5.09 Å². The molecule has 0 spiro atoms. The number of anilines is 1. The highest BCUT2D eigenvalue weighted by Crippen LogP contribution is 2.58. The second-order valence-corrected chi connectivity index (χ2v) is 34.7. The summed E-state index contributed by atoms with van der Waals surface area (Å²) in [4.78, 5) is 0. The van der Waals surface area contributed by atoms with Crippen LogP contribution in [0.25, 0.3) is 11.1 Å². The van der Waals surface area contributed by atoms with Gasteiger partial charge in [-0.1, -0.05) is 328 Å². The maximum absolute atomic E-state index is 6.35. The van der Waals surface area contributed by atoms with Crippen molar-refractivity contribution < 1.29 is 0 Å². The zero-order valence-electron chi connectivity index (χ0n) is 50.7. The Morgan fingerprint density at radius 2 is 0.380 bits per heavy atom. The maximum Gasteiger partial charge on any atom is 0.199 e. The number of nitrogens with zero attached hydrogens (tertiary/aromatic N) is 3. The molecule has 14 rings (SSSR count). The van der Waals surface area contributed by atoms with Gasteiger partial charge in [0, 0.05) is 47.7 Å². The molecule has 0 aliphatic carbocycles. The van der Waals surface area contributed by atoms with Crippen LogP contribution in [0.1, 0.15) is 0 Å². The molecule has 0 fully saturated rings. The van der Waals surface area contributed by atoms with Gasteiger partial charge in [-0.25, -0.2) is 5.09 Å². The van der Waals surface area contributed by atoms with Crippen molar-refractivity contribution in [3.05, 3.63) is 400 Å². The van der Waals surface area contributed by atoms with Gasteiger partial charge in [0.1, 0.15) is 15.9 Å². The van der Waals surface area contributed by atoms with Gasteiger partial charge in [-0.3, -0.25) is 14.2 Å².